The molecule has 2 heteroatoms. The van der Waals surface area contributed by atoms with Gasteiger partial charge < -0.3 is 10.1 Å². The van der Waals surface area contributed by atoms with Crippen molar-refractivity contribution in [1.82, 2.24) is 5.32 Å². The van der Waals surface area contributed by atoms with Gasteiger partial charge in [0.1, 0.15) is 5.75 Å². The maximum Gasteiger partial charge on any atom is 0.119 e. The van der Waals surface area contributed by atoms with Crippen LogP contribution in [0.1, 0.15) is 71.8 Å². The maximum absolute atomic E-state index is 5.79. The number of hydrogen-bond acceptors (Lipinski definition) is 2. The van der Waals surface area contributed by atoms with E-state index in [4.69, 9.17) is 4.74 Å². The Labute approximate surface area is 131 Å². The second kappa shape index (κ2) is 9.09. The first kappa shape index (κ1) is 18.0. The van der Waals surface area contributed by atoms with Gasteiger partial charge in [-0.2, -0.15) is 0 Å². The van der Waals surface area contributed by atoms with E-state index in [2.05, 4.69) is 64.2 Å². The van der Waals surface area contributed by atoms with Crippen molar-refractivity contribution in [2.45, 2.75) is 71.8 Å². The van der Waals surface area contributed by atoms with Gasteiger partial charge in [-0.1, -0.05) is 38.8 Å². The van der Waals surface area contributed by atoms with Crippen LogP contribution in [0.25, 0.3) is 0 Å². The molecule has 0 saturated heterocycles. The molecule has 0 spiro atoms. The fourth-order valence-electron chi connectivity index (χ4n) is 2.18. The molecule has 0 atom stereocenters. The average Bonchev–Trinajstić information content (AvgIpc) is 2.41. The lowest BCUT2D eigenvalue weighted by Gasteiger charge is -2.20. The summed E-state index contributed by atoms with van der Waals surface area (Å²) in [7, 11) is 0. The quantitative estimate of drug-likeness (QED) is 0.636. The van der Waals surface area contributed by atoms with E-state index in [9.17, 15) is 0 Å². The summed E-state index contributed by atoms with van der Waals surface area (Å²) in [6.07, 6.45) is 4.91. The summed E-state index contributed by atoms with van der Waals surface area (Å²) < 4.78 is 5.79. The number of benzene rings is 1. The lowest BCUT2D eigenvalue weighted by atomic mass is 10.0. The highest BCUT2D eigenvalue weighted by atomic mass is 16.5. The van der Waals surface area contributed by atoms with Crippen molar-refractivity contribution in [3.05, 3.63) is 29.8 Å². The largest absolute Gasteiger partial charge is 0.494 e. The molecule has 0 heterocycles. The summed E-state index contributed by atoms with van der Waals surface area (Å²) in [6.45, 7) is 13.0. The highest BCUT2D eigenvalue weighted by molar-refractivity contribution is 5.28. The first-order valence-electron chi connectivity index (χ1n) is 8.36. The zero-order valence-corrected chi connectivity index (χ0v) is 14.5. The van der Waals surface area contributed by atoms with Crippen LogP contribution in [-0.2, 0) is 0 Å². The predicted octanol–water partition coefficient (Wildman–Crippen LogP) is 5.14. The lowest BCUT2D eigenvalue weighted by molar-refractivity contribution is 0.303. The standard InChI is InChI=1S/C19H33NO/c1-16(2)17-10-12-18(13-11-17)21-15-9-7-6-8-14-20-19(3,4)5/h10-13,16,20H,6-9,14-15H2,1-5H3. The predicted molar refractivity (Wildman–Crippen MR) is 92.2 cm³/mol. The average molecular weight is 291 g/mol. The van der Waals surface area contributed by atoms with Gasteiger partial charge in [-0.05, 0) is 63.8 Å². The van der Waals surface area contributed by atoms with E-state index in [0.717, 1.165) is 25.3 Å². The van der Waals surface area contributed by atoms with Crippen LogP contribution in [0.4, 0.5) is 0 Å². The van der Waals surface area contributed by atoms with Crippen molar-refractivity contribution in [1.29, 1.82) is 0 Å². The van der Waals surface area contributed by atoms with E-state index in [0.29, 0.717) is 5.92 Å². The maximum atomic E-state index is 5.79. The second-order valence-corrected chi connectivity index (χ2v) is 7.16. The number of nitrogens with one attached hydrogen (secondary N) is 1. The molecule has 0 saturated carbocycles. The molecule has 120 valence electrons. The molecule has 0 bridgehead atoms. The zero-order valence-electron chi connectivity index (χ0n) is 14.5. The molecule has 0 radical (unpaired) electrons. The molecule has 21 heavy (non-hydrogen) atoms. The molecule has 0 fully saturated rings. The minimum Gasteiger partial charge on any atom is -0.494 e. The molecule has 0 amide bonds. The fourth-order valence-corrected chi connectivity index (χ4v) is 2.18. The van der Waals surface area contributed by atoms with E-state index in [1.807, 2.05) is 0 Å². The van der Waals surface area contributed by atoms with Gasteiger partial charge in [-0.3, -0.25) is 0 Å². The minimum absolute atomic E-state index is 0.241. The van der Waals surface area contributed by atoms with Crippen LogP contribution in [0.5, 0.6) is 5.75 Å². The van der Waals surface area contributed by atoms with Crippen LogP contribution in [0.2, 0.25) is 0 Å². The number of hydrogen-bond donors (Lipinski definition) is 1. The van der Waals surface area contributed by atoms with Gasteiger partial charge in [0.05, 0.1) is 6.61 Å². The third-order valence-electron chi connectivity index (χ3n) is 3.54. The van der Waals surface area contributed by atoms with Gasteiger partial charge in [-0.15, -0.1) is 0 Å². The van der Waals surface area contributed by atoms with Crippen molar-refractivity contribution >= 4 is 0 Å². The normalized spacial score (nSPS) is 11.9. The molecule has 1 N–H and O–H groups in total. The van der Waals surface area contributed by atoms with Crippen LogP contribution in [-0.4, -0.2) is 18.7 Å². The van der Waals surface area contributed by atoms with Gasteiger partial charge in [0.2, 0.25) is 0 Å². The molecule has 2 nitrogen and oxygen atoms in total. The van der Waals surface area contributed by atoms with E-state index in [1.165, 1.54) is 24.8 Å². The molecule has 0 aliphatic rings. The molecule has 1 aromatic carbocycles. The highest BCUT2D eigenvalue weighted by Crippen LogP contribution is 2.18. The molecule has 0 aliphatic carbocycles. The Kier molecular flexibility index (Phi) is 7.81. The van der Waals surface area contributed by atoms with Gasteiger partial charge in [0, 0.05) is 5.54 Å². The first-order valence-corrected chi connectivity index (χ1v) is 8.36. The Balaban J connectivity index is 2.04. The van der Waals surface area contributed by atoms with Crippen LogP contribution in [0, 0.1) is 0 Å². The van der Waals surface area contributed by atoms with E-state index >= 15 is 0 Å². The van der Waals surface area contributed by atoms with Gasteiger partial charge in [0.25, 0.3) is 0 Å². The van der Waals surface area contributed by atoms with E-state index in [-0.39, 0.29) is 5.54 Å². The van der Waals surface area contributed by atoms with Gasteiger partial charge in [-0.25, -0.2) is 0 Å². The third kappa shape index (κ3) is 8.77. The topological polar surface area (TPSA) is 21.3 Å². The molecule has 0 unspecified atom stereocenters. The smallest absolute Gasteiger partial charge is 0.119 e. The summed E-state index contributed by atoms with van der Waals surface area (Å²) in [4.78, 5) is 0. The summed E-state index contributed by atoms with van der Waals surface area (Å²) in [5.74, 6) is 1.58. The number of ether oxygens (including phenoxy) is 1. The summed E-state index contributed by atoms with van der Waals surface area (Å²) in [5.41, 5.74) is 1.61. The lowest BCUT2D eigenvalue weighted by Crippen LogP contribution is -2.36. The molecular weight excluding hydrogens is 258 g/mol. The van der Waals surface area contributed by atoms with E-state index in [1.54, 1.807) is 0 Å². The molecular formula is C19H33NO. The molecule has 0 aliphatic heterocycles. The Morgan fingerprint density at radius 2 is 1.57 bits per heavy atom. The molecule has 1 rings (SSSR count). The second-order valence-electron chi connectivity index (χ2n) is 7.16. The Morgan fingerprint density at radius 1 is 0.952 bits per heavy atom. The van der Waals surface area contributed by atoms with Crippen molar-refractivity contribution < 1.29 is 4.74 Å². The van der Waals surface area contributed by atoms with Crippen LogP contribution in [0.3, 0.4) is 0 Å². The molecule has 1 aromatic rings. The van der Waals surface area contributed by atoms with Crippen LogP contribution >= 0.6 is 0 Å². The summed E-state index contributed by atoms with van der Waals surface area (Å²) in [6, 6.07) is 8.50. The monoisotopic (exact) mass is 291 g/mol. The Hall–Kier alpha value is -1.02. The fraction of sp³-hybridized carbons (Fsp3) is 0.684. The van der Waals surface area contributed by atoms with Crippen molar-refractivity contribution in [3.8, 4) is 5.75 Å². The first-order chi connectivity index (χ1) is 9.88. The zero-order chi connectivity index (χ0) is 15.7. The Morgan fingerprint density at radius 3 is 2.14 bits per heavy atom. The third-order valence-corrected chi connectivity index (χ3v) is 3.54. The van der Waals surface area contributed by atoms with Crippen LogP contribution < -0.4 is 10.1 Å². The number of rotatable bonds is 9. The molecule has 0 aromatic heterocycles. The number of unbranched alkanes of at least 4 members (excludes halogenated alkanes) is 3. The van der Waals surface area contributed by atoms with Gasteiger partial charge >= 0.3 is 0 Å². The van der Waals surface area contributed by atoms with Crippen molar-refractivity contribution in [2.24, 2.45) is 0 Å². The highest BCUT2D eigenvalue weighted by Gasteiger charge is 2.06. The summed E-state index contributed by atoms with van der Waals surface area (Å²) in [5, 5.41) is 3.52. The van der Waals surface area contributed by atoms with E-state index < -0.39 is 0 Å². The summed E-state index contributed by atoms with van der Waals surface area (Å²) >= 11 is 0. The van der Waals surface area contributed by atoms with Crippen molar-refractivity contribution in [3.63, 3.8) is 0 Å². The van der Waals surface area contributed by atoms with Crippen molar-refractivity contribution in [2.75, 3.05) is 13.2 Å². The van der Waals surface area contributed by atoms with Crippen LogP contribution in [0.15, 0.2) is 24.3 Å². The van der Waals surface area contributed by atoms with Gasteiger partial charge in [0.15, 0.2) is 0 Å². The minimum atomic E-state index is 0.241. The Bertz CT molecular complexity index is 376. The SMILES string of the molecule is CC(C)c1ccc(OCCCCCCNC(C)(C)C)cc1.